The Hall–Kier alpha value is -2.05. The van der Waals surface area contributed by atoms with Crippen molar-refractivity contribution < 1.29 is 22.8 Å². The van der Waals surface area contributed by atoms with E-state index in [4.69, 9.17) is 0 Å². The average Bonchev–Trinajstić information content (AvgIpc) is 2.72. The van der Waals surface area contributed by atoms with Crippen LogP contribution in [-0.4, -0.2) is 35.5 Å². The molecule has 0 bridgehead atoms. The number of likely N-dealkylation sites (tertiary alicyclic amines) is 1. The highest BCUT2D eigenvalue weighted by Crippen LogP contribution is 2.20. The van der Waals surface area contributed by atoms with Crippen LogP contribution in [0.25, 0.3) is 0 Å². The number of nitrogens with one attached hydrogen (secondary N) is 1. The van der Waals surface area contributed by atoms with Crippen molar-refractivity contribution in [1.29, 1.82) is 0 Å². The van der Waals surface area contributed by atoms with Crippen molar-refractivity contribution in [2.24, 2.45) is 0 Å². The van der Waals surface area contributed by atoms with Crippen molar-refractivity contribution in [2.45, 2.75) is 38.5 Å². The van der Waals surface area contributed by atoms with Gasteiger partial charge in [-0.15, -0.1) is 0 Å². The summed E-state index contributed by atoms with van der Waals surface area (Å²) in [5.74, 6) is -1.50. The lowest BCUT2D eigenvalue weighted by Gasteiger charge is -2.17. The molecule has 2 amide bonds. The van der Waals surface area contributed by atoms with E-state index in [0.29, 0.717) is 19.5 Å². The van der Waals surface area contributed by atoms with Crippen LogP contribution < -0.4 is 5.32 Å². The topological polar surface area (TPSA) is 49.4 Å². The predicted molar refractivity (Wildman–Crippen MR) is 73.8 cm³/mol. The number of benzene rings is 1. The number of amides is 2. The molecule has 1 aromatic carbocycles. The fourth-order valence-electron chi connectivity index (χ4n) is 2.37. The van der Waals surface area contributed by atoms with Crippen LogP contribution in [0.4, 0.5) is 13.2 Å². The average molecular weight is 314 g/mol. The highest BCUT2D eigenvalue weighted by molar-refractivity contribution is 5.89. The van der Waals surface area contributed by atoms with Crippen molar-refractivity contribution in [2.75, 3.05) is 6.54 Å². The second-order valence-corrected chi connectivity index (χ2v) is 5.45. The fourth-order valence-corrected chi connectivity index (χ4v) is 2.37. The molecule has 1 fully saturated rings. The third-order valence-electron chi connectivity index (χ3n) is 3.49. The molecule has 1 aliphatic heterocycles. The maximum absolute atomic E-state index is 12.1. The van der Waals surface area contributed by atoms with Crippen LogP contribution in [0.5, 0.6) is 0 Å². The van der Waals surface area contributed by atoms with Gasteiger partial charge >= 0.3 is 6.18 Å². The van der Waals surface area contributed by atoms with Gasteiger partial charge in [0.05, 0.1) is 0 Å². The Morgan fingerprint density at radius 3 is 2.55 bits per heavy atom. The molecule has 1 aromatic rings. The van der Waals surface area contributed by atoms with E-state index < -0.39 is 24.5 Å². The second kappa shape index (κ2) is 6.37. The summed E-state index contributed by atoms with van der Waals surface area (Å²) in [7, 11) is 0. The number of alkyl halides is 3. The molecule has 1 N–H and O–H groups in total. The molecule has 1 atom stereocenters. The molecule has 120 valence electrons. The number of hydrogen-bond donors (Lipinski definition) is 1. The zero-order chi connectivity index (χ0) is 16.3. The van der Waals surface area contributed by atoms with E-state index in [9.17, 15) is 22.8 Å². The van der Waals surface area contributed by atoms with Crippen LogP contribution >= 0.6 is 0 Å². The summed E-state index contributed by atoms with van der Waals surface area (Å²) in [6, 6.07) is 6.80. The minimum Gasteiger partial charge on any atom is -0.344 e. The van der Waals surface area contributed by atoms with Gasteiger partial charge in [-0.1, -0.05) is 29.8 Å². The smallest absolute Gasteiger partial charge is 0.344 e. The Balaban J connectivity index is 1.89. The summed E-state index contributed by atoms with van der Waals surface area (Å²) in [5, 5.41) is 2.16. The number of nitrogens with zero attached hydrogens (tertiary/aromatic N) is 1. The number of halogens is 3. The number of carbonyl (C=O) groups is 2. The van der Waals surface area contributed by atoms with Crippen LogP contribution in [0.1, 0.15) is 24.0 Å². The molecule has 0 aliphatic carbocycles. The molecule has 0 aromatic heterocycles. The summed E-state index contributed by atoms with van der Waals surface area (Å²) < 4.78 is 36.4. The molecule has 1 unspecified atom stereocenters. The summed E-state index contributed by atoms with van der Waals surface area (Å²) in [4.78, 5) is 24.9. The Morgan fingerprint density at radius 1 is 1.32 bits per heavy atom. The Kier molecular flexibility index (Phi) is 4.73. The van der Waals surface area contributed by atoms with Gasteiger partial charge < -0.3 is 10.2 Å². The van der Waals surface area contributed by atoms with Crippen molar-refractivity contribution in [3.05, 3.63) is 35.4 Å². The molecule has 4 nitrogen and oxygen atoms in total. The maximum Gasteiger partial charge on any atom is 0.397 e. The maximum atomic E-state index is 12.1. The molecule has 0 saturated carbocycles. The van der Waals surface area contributed by atoms with Crippen LogP contribution in [-0.2, 0) is 16.1 Å². The number of rotatable bonds is 4. The normalized spacial score (nSPS) is 18.6. The molecular formula is C15H17F3N2O2. The zero-order valence-corrected chi connectivity index (χ0v) is 12.1. The lowest BCUT2D eigenvalue weighted by Crippen LogP contribution is -2.42. The quantitative estimate of drug-likeness (QED) is 0.926. The van der Waals surface area contributed by atoms with Gasteiger partial charge in [0.2, 0.25) is 11.8 Å². The first kappa shape index (κ1) is 16.3. The standard InChI is InChI=1S/C15H17F3N2O2/c1-10-2-4-11(5-3-10)9-20-7-6-12(14(20)22)19-13(21)8-15(16,17)18/h2-5,12H,6-9H2,1H3,(H,19,21). The van der Waals surface area contributed by atoms with Crippen LogP contribution in [0.15, 0.2) is 24.3 Å². The lowest BCUT2D eigenvalue weighted by atomic mass is 10.1. The summed E-state index contributed by atoms with van der Waals surface area (Å²) in [6.45, 7) is 2.77. The minimum absolute atomic E-state index is 0.328. The molecule has 1 aliphatic rings. The lowest BCUT2D eigenvalue weighted by molar-refractivity contribution is -0.155. The van der Waals surface area contributed by atoms with Gasteiger partial charge in [-0.2, -0.15) is 13.2 Å². The van der Waals surface area contributed by atoms with Gasteiger partial charge in [0, 0.05) is 13.1 Å². The van der Waals surface area contributed by atoms with Gasteiger partial charge in [0.1, 0.15) is 12.5 Å². The van der Waals surface area contributed by atoms with E-state index in [-0.39, 0.29) is 5.91 Å². The SMILES string of the molecule is Cc1ccc(CN2CCC(NC(=O)CC(F)(F)F)C2=O)cc1. The van der Waals surface area contributed by atoms with Gasteiger partial charge in [0.25, 0.3) is 0 Å². The highest BCUT2D eigenvalue weighted by atomic mass is 19.4. The summed E-state index contributed by atoms with van der Waals surface area (Å²) in [5.41, 5.74) is 2.05. The van der Waals surface area contributed by atoms with Gasteiger partial charge in [-0.05, 0) is 18.9 Å². The van der Waals surface area contributed by atoms with Gasteiger partial charge in [-0.25, -0.2) is 0 Å². The van der Waals surface area contributed by atoms with E-state index >= 15 is 0 Å². The third kappa shape index (κ3) is 4.47. The largest absolute Gasteiger partial charge is 0.397 e. The molecule has 22 heavy (non-hydrogen) atoms. The van der Waals surface area contributed by atoms with E-state index in [2.05, 4.69) is 5.32 Å². The van der Waals surface area contributed by atoms with Crippen molar-refractivity contribution in [1.82, 2.24) is 10.2 Å². The Labute approximate surface area is 126 Å². The zero-order valence-electron chi connectivity index (χ0n) is 12.1. The molecule has 0 spiro atoms. The van der Waals surface area contributed by atoms with Crippen LogP contribution in [0.3, 0.4) is 0 Å². The van der Waals surface area contributed by atoms with E-state index in [1.165, 1.54) is 0 Å². The third-order valence-corrected chi connectivity index (χ3v) is 3.49. The molecule has 2 rings (SSSR count). The van der Waals surface area contributed by atoms with Crippen molar-refractivity contribution in [3.8, 4) is 0 Å². The molecule has 7 heteroatoms. The van der Waals surface area contributed by atoms with E-state index in [1.807, 2.05) is 31.2 Å². The fraction of sp³-hybridized carbons (Fsp3) is 0.467. The van der Waals surface area contributed by atoms with E-state index in [0.717, 1.165) is 11.1 Å². The first-order valence-electron chi connectivity index (χ1n) is 6.95. The van der Waals surface area contributed by atoms with Gasteiger partial charge in [-0.3, -0.25) is 9.59 Å². The van der Waals surface area contributed by atoms with Crippen LogP contribution in [0, 0.1) is 6.92 Å². The minimum atomic E-state index is -4.56. The predicted octanol–water partition coefficient (Wildman–Crippen LogP) is 2.16. The number of carbonyl (C=O) groups excluding carboxylic acids is 2. The highest BCUT2D eigenvalue weighted by Gasteiger charge is 2.36. The van der Waals surface area contributed by atoms with E-state index in [1.54, 1.807) is 4.90 Å². The molecule has 1 heterocycles. The Morgan fingerprint density at radius 2 is 1.95 bits per heavy atom. The Bertz CT molecular complexity index is 555. The molecule has 0 radical (unpaired) electrons. The summed E-state index contributed by atoms with van der Waals surface area (Å²) >= 11 is 0. The second-order valence-electron chi connectivity index (χ2n) is 5.45. The van der Waals surface area contributed by atoms with Gasteiger partial charge in [0.15, 0.2) is 0 Å². The van der Waals surface area contributed by atoms with Crippen molar-refractivity contribution >= 4 is 11.8 Å². The molecule has 1 saturated heterocycles. The van der Waals surface area contributed by atoms with Crippen molar-refractivity contribution in [3.63, 3.8) is 0 Å². The summed E-state index contributed by atoms with van der Waals surface area (Å²) in [6.07, 6.45) is -5.80. The monoisotopic (exact) mass is 314 g/mol. The number of aryl methyl sites for hydroxylation is 1. The number of hydrogen-bond acceptors (Lipinski definition) is 2. The molecular weight excluding hydrogens is 297 g/mol. The first-order valence-corrected chi connectivity index (χ1v) is 6.95. The first-order chi connectivity index (χ1) is 10.2. The van der Waals surface area contributed by atoms with Crippen LogP contribution in [0.2, 0.25) is 0 Å².